The summed E-state index contributed by atoms with van der Waals surface area (Å²) in [6.45, 7) is 12.1. The van der Waals surface area contributed by atoms with E-state index < -0.39 is 0 Å². The molecule has 0 fully saturated rings. The highest BCUT2D eigenvalue weighted by atomic mass is 32.1. The molecule has 0 unspecified atom stereocenters. The van der Waals surface area contributed by atoms with Crippen LogP contribution in [0.3, 0.4) is 0 Å². The van der Waals surface area contributed by atoms with Crippen LogP contribution in [-0.2, 0) is 10.8 Å². The molecular formula is C53H39BN2OS2. The van der Waals surface area contributed by atoms with Crippen molar-refractivity contribution in [1.82, 2.24) is 4.48 Å². The summed E-state index contributed by atoms with van der Waals surface area (Å²) in [5.74, 6) is 0. The minimum atomic E-state index is -0.0979. The smallest absolute Gasteiger partial charge is 0.336 e. The molecule has 0 saturated heterocycles. The minimum Gasteiger partial charge on any atom is -0.441 e. The van der Waals surface area contributed by atoms with Gasteiger partial charge in [-0.15, -0.1) is 22.7 Å². The Morgan fingerprint density at radius 1 is 0.593 bits per heavy atom. The number of aryl methyl sites for hydroxylation is 1. The number of para-hydroxylation sites is 2. The molecular weight excluding hydrogens is 756 g/mol. The van der Waals surface area contributed by atoms with Crippen molar-refractivity contribution in [3.8, 4) is 11.1 Å². The van der Waals surface area contributed by atoms with Gasteiger partial charge in [-0.1, -0.05) is 107 Å². The molecule has 14 rings (SSSR count). The van der Waals surface area contributed by atoms with Crippen molar-refractivity contribution in [3.05, 3.63) is 138 Å². The van der Waals surface area contributed by atoms with Gasteiger partial charge in [0, 0.05) is 84.8 Å². The van der Waals surface area contributed by atoms with Gasteiger partial charge in [0.25, 0.3) is 0 Å². The zero-order chi connectivity index (χ0) is 39.3. The number of anilines is 3. The molecule has 7 aromatic carbocycles. The zero-order valence-electron chi connectivity index (χ0n) is 33.7. The number of fused-ring (bicyclic) bond motifs is 17. The van der Waals surface area contributed by atoms with Crippen LogP contribution in [0.2, 0.25) is 0 Å². The van der Waals surface area contributed by atoms with E-state index >= 15 is 0 Å². The van der Waals surface area contributed by atoms with Gasteiger partial charge in [-0.25, -0.2) is 0 Å². The molecule has 0 N–H and O–H groups in total. The third-order valence-electron chi connectivity index (χ3n) is 14.5. The van der Waals surface area contributed by atoms with Crippen LogP contribution in [0.1, 0.15) is 57.2 Å². The lowest BCUT2D eigenvalue weighted by molar-refractivity contribution is 0.332. The minimum absolute atomic E-state index is 0.0670. The van der Waals surface area contributed by atoms with Gasteiger partial charge in [-0.2, -0.15) is 0 Å². The molecule has 3 aliphatic rings. The van der Waals surface area contributed by atoms with Crippen LogP contribution in [0.4, 0.5) is 17.1 Å². The lowest BCUT2D eigenvalue weighted by Crippen LogP contribution is -2.56. The monoisotopic (exact) mass is 794 g/mol. The summed E-state index contributed by atoms with van der Waals surface area (Å²) in [6.07, 6.45) is 2.37. The fourth-order valence-electron chi connectivity index (χ4n) is 11.6. The number of thiophene rings is 2. The second-order valence-electron chi connectivity index (χ2n) is 18.7. The first kappa shape index (κ1) is 33.1. The molecule has 282 valence electrons. The van der Waals surface area contributed by atoms with Crippen molar-refractivity contribution in [2.24, 2.45) is 0 Å². The maximum Gasteiger partial charge on any atom is 0.336 e. The van der Waals surface area contributed by atoms with Crippen LogP contribution in [0.5, 0.6) is 0 Å². The number of hydrogen-bond acceptors (Lipinski definition) is 4. The van der Waals surface area contributed by atoms with Gasteiger partial charge in [0.1, 0.15) is 5.58 Å². The number of rotatable bonds is 1. The molecule has 1 aliphatic carbocycles. The average Bonchev–Trinajstić information content (AvgIpc) is 3.99. The normalized spacial score (nSPS) is 16.3. The van der Waals surface area contributed by atoms with Crippen LogP contribution >= 0.6 is 22.7 Å². The first-order chi connectivity index (χ1) is 28.7. The summed E-state index contributed by atoms with van der Waals surface area (Å²) in [4.78, 5) is 2.68. The quantitative estimate of drug-likeness (QED) is 0.154. The van der Waals surface area contributed by atoms with Crippen LogP contribution in [0, 0.1) is 6.92 Å². The molecule has 6 heterocycles. The predicted octanol–water partition coefficient (Wildman–Crippen LogP) is 14.4. The second-order valence-corrected chi connectivity index (χ2v) is 20.8. The summed E-state index contributed by atoms with van der Waals surface area (Å²) < 4.78 is 15.0. The van der Waals surface area contributed by atoms with Crippen molar-refractivity contribution in [3.63, 3.8) is 0 Å². The van der Waals surface area contributed by atoms with Crippen molar-refractivity contribution < 1.29 is 4.42 Å². The van der Waals surface area contributed by atoms with E-state index in [1.165, 1.54) is 131 Å². The Labute approximate surface area is 350 Å². The summed E-state index contributed by atoms with van der Waals surface area (Å²) in [5.41, 5.74) is 16.8. The topological polar surface area (TPSA) is 21.3 Å². The fraction of sp³-hybridized carbons (Fsp3) is 0.170. The fourth-order valence-corrected chi connectivity index (χ4v) is 13.9. The maximum absolute atomic E-state index is 7.04. The number of furan rings is 1. The van der Waals surface area contributed by atoms with Crippen molar-refractivity contribution >= 4 is 131 Å². The van der Waals surface area contributed by atoms with Crippen LogP contribution in [0.25, 0.3) is 84.4 Å². The summed E-state index contributed by atoms with van der Waals surface area (Å²) in [5, 5.41) is 8.94. The van der Waals surface area contributed by atoms with Crippen molar-refractivity contribution in [2.45, 2.75) is 58.3 Å². The van der Waals surface area contributed by atoms with E-state index in [4.69, 9.17) is 4.42 Å². The first-order valence-electron chi connectivity index (χ1n) is 21.0. The van der Waals surface area contributed by atoms with Crippen LogP contribution in [0.15, 0.2) is 126 Å². The molecule has 6 heteroatoms. The molecule has 0 atom stereocenters. The highest BCUT2D eigenvalue weighted by Gasteiger charge is 2.46. The van der Waals surface area contributed by atoms with E-state index in [2.05, 4.69) is 165 Å². The molecule has 11 aromatic rings. The number of aromatic nitrogens is 1. The van der Waals surface area contributed by atoms with E-state index in [0.717, 1.165) is 11.3 Å². The van der Waals surface area contributed by atoms with Gasteiger partial charge in [0.2, 0.25) is 0 Å². The maximum atomic E-state index is 7.04. The van der Waals surface area contributed by atoms with E-state index in [9.17, 15) is 0 Å². The third kappa shape index (κ3) is 4.05. The second kappa shape index (κ2) is 10.9. The molecule has 0 amide bonds. The van der Waals surface area contributed by atoms with Gasteiger partial charge >= 0.3 is 6.85 Å². The average molecular weight is 795 g/mol. The highest BCUT2D eigenvalue weighted by Crippen LogP contribution is 2.54. The van der Waals surface area contributed by atoms with Gasteiger partial charge < -0.3 is 13.8 Å². The van der Waals surface area contributed by atoms with Crippen LogP contribution < -0.4 is 15.8 Å². The molecule has 0 bridgehead atoms. The summed E-state index contributed by atoms with van der Waals surface area (Å²) in [6, 6.07) is 46.3. The van der Waals surface area contributed by atoms with Gasteiger partial charge in [-0.3, -0.25) is 0 Å². The van der Waals surface area contributed by atoms with E-state index in [0.29, 0.717) is 0 Å². The Morgan fingerprint density at radius 2 is 1.25 bits per heavy atom. The van der Waals surface area contributed by atoms with Gasteiger partial charge in [-0.05, 0) is 101 Å². The first-order valence-corrected chi connectivity index (χ1v) is 22.6. The van der Waals surface area contributed by atoms with E-state index in [-0.39, 0.29) is 17.7 Å². The molecule has 3 nitrogen and oxygen atoms in total. The number of nitrogens with zero attached hydrogens (tertiary/aromatic N) is 2. The van der Waals surface area contributed by atoms with E-state index in [1.807, 2.05) is 22.7 Å². The van der Waals surface area contributed by atoms with Crippen molar-refractivity contribution in [2.75, 3.05) is 4.90 Å². The largest absolute Gasteiger partial charge is 0.441 e. The molecule has 0 saturated carbocycles. The zero-order valence-corrected chi connectivity index (χ0v) is 35.3. The molecule has 59 heavy (non-hydrogen) atoms. The SMILES string of the molecule is Cc1cc2c(cc1N1c3cc4c(cc3B3c5c1cc1c(sc6ccccc61)c5-c1cccc5c6c7ccccc7oc6n3c15)sc1ccccc14)C(C)(C)CCC2(C)C. The Bertz CT molecular complexity index is 3720. The Morgan fingerprint density at radius 3 is 2.05 bits per heavy atom. The standard InChI is InChI=1S/C53H39BN2OS2/c1-28-23-36-37(53(4,5)22-21-52(36,2)3)26-39(28)55-40-24-34-29-13-7-10-19-43(29)58-45(34)27-38(40)54-48-41(55)25-35-30-14-8-11-20-44(30)59-50(35)47(48)33-17-12-16-32-46-31-15-6-9-18-42(31)57-51(46)56(54)49(32)33/h6-20,23-27H,21-22H2,1-5H3. The van der Waals surface area contributed by atoms with Gasteiger partial charge in [0.15, 0.2) is 5.71 Å². The Kier molecular flexibility index (Phi) is 6.09. The molecule has 2 aliphatic heterocycles. The lowest BCUT2D eigenvalue weighted by atomic mass is 9.45. The predicted molar refractivity (Wildman–Crippen MR) is 256 cm³/mol. The Hall–Kier alpha value is -5.82. The summed E-state index contributed by atoms with van der Waals surface area (Å²) in [7, 11) is 0. The number of hydrogen-bond donors (Lipinski definition) is 0. The lowest BCUT2D eigenvalue weighted by Gasteiger charge is -2.44. The number of benzene rings is 7. The molecule has 4 aromatic heterocycles. The van der Waals surface area contributed by atoms with Crippen molar-refractivity contribution in [1.29, 1.82) is 0 Å². The third-order valence-corrected chi connectivity index (χ3v) is 16.9. The molecule has 0 radical (unpaired) electrons. The highest BCUT2D eigenvalue weighted by molar-refractivity contribution is 7.27. The summed E-state index contributed by atoms with van der Waals surface area (Å²) >= 11 is 3.86. The van der Waals surface area contributed by atoms with Gasteiger partial charge in [0.05, 0.1) is 5.39 Å². The Balaban J connectivity index is 1.21. The van der Waals surface area contributed by atoms with Crippen LogP contribution in [-0.4, -0.2) is 11.3 Å². The van der Waals surface area contributed by atoms with E-state index in [1.54, 1.807) is 0 Å². The molecule has 0 spiro atoms.